The molecule has 1 saturated heterocycles. The molecule has 0 radical (unpaired) electrons. The van der Waals surface area contributed by atoms with Gasteiger partial charge >= 0.3 is 0 Å². The number of nitrogens with zero attached hydrogens (tertiary/aromatic N) is 3. The van der Waals surface area contributed by atoms with Gasteiger partial charge in [0, 0.05) is 32.7 Å². The SMILES string of the molecule is C=CCN(CC=C)C(=O)CN1CCCN(S(C)(=O)=O)CC1. The van der Waals surface area contributed by atoms with Crippen LogP contribution in [0.15, 0.2) is 25.3 Å². The van der Waals surface area contributed by atoms with Crippen LogP contribution >= 0.6 is 0 Å². The summed E-state index contributed by atoms with van der Waals surface area (Å²) in [7, 11) is -3.15. The zero-order valence-corrected chi connectivity index (χ0v) is 13.5. The Balaban J connectivity index is 2.56. The number of hydrogen-bond donors (Lipinski definition) is 0. The van der Waals surface area contributed by atoms with Gasteiger partial charge in [-0.2, -0.15) is 0 Å². The van der Waals surface area contributed by atoms with Crippen molar-refractivity contribution in [3.63, 3.8) is 0 Å². The zero-order valence-electron chi connectivity index (χ0n) is 12.7. The van der Waals surface area contributed by atoms with E-state index in [1.807, 2.05) is 4.90 Å². The molecular weight excluding hydrogens is 290 g/mol. The first-order valence-corrected chi connectivity index (χ1v) is 8.90. The number of carbonyl (C=O) groups is 1. The van der Waals surface area contributed by atoms with Gasteiger partial charge in [0.15, 0.2) is 0 Å². The molecule has 0 aromatic rings. The molecule has 0 aliphatic carbocycles. The van der Waals surface area contributed by atoms with Gasteiger partial charge in [-0.05, 0) is 13.0 Å². The molecule has 1 heterocycles. The van der Waals surface area contributed by atoms with E-state index in [1.54, 1.807) is 17.1 Å². The Morgan fingerprint density at radius 3 is 2.29 bits per heavy atom. The molecule has 0 aromatic carbocycles. The van der Waals surface area contributed by atoms with Gasteiger partial charge in [-0.15, -0.1) is 13.2 Å². The van der Waals surface area contributed by atoms with Gasteiger partial charge in [0.2, 0.25) is 15.9 Å². The molecule has 120 valence electrons. The molecule has 6 nitrogen and oxygen atoms in total. The first kappa shape index (κ1) is 17.9. The van der Waals surface area contributed by atoms with Crippen LogP contribution in [0.1, 0.15) is 6.42 Å². The molecule has 0 atom stereocenters. The molecule has 0 N–H and O–H groups in total. The van der Waals surface area contributed by atoms with E-state index >= 15 is 0 Å². The molecule has 1 fully saturated rings. The van der Waals surface area contributed by atoms with Crippen molar-refractivity contribution >= 4 is 15.9 Å². The smallest absolute Gasteiger partial charge is 0.237 e. The monoisotopic (exact) mass is 315 g/mol. The van der Waals surface area contributed by atoms with E-state index in [0.29, 0.717) is 39.3 Å². The van der Waals surface area contributed by atoms with Crippen LogP contribution in [-0.4, -0.2) is 80.5 Å². The summed E-state index contributed by atoms with van der Waals surface area (Å²) in [6.07, 6.45) is 5.34. The summed E-state index contributed by atoms with van der Waals surface area (Å²) >= 11 is 0. The highest BCUT2D eigenvalue weighted by Gasteiger charge is 2.23. The summed E-state index contributed by atoms with van der Waals surface area (Å²) in [6.45, 7) is 10.9. The van der Waals surface area contributed by atoms with E-state index in [0.717, 1.165) is 13.0 Å². The molecule has 1 amide bonds. The number of hydrogen-bond acceptors (Lipinski definition) is 4. The van der Waals surface area contributed by atoms with E-state index < -0.39 is 10.0 Å². The maximum Gasteiger partial charge on any atom is 0.237 e. The quantitative estimate of drug-likeness (QED) is 0.628. The number of sulfonamides is 1. The molecule has 1 rings (SSSR count). The highest BCUT2D eigenvalue weighted by Crippen LogP contribution is 2.07. The standard InChI is InChI=1S/C14H25N3O3S/c1-4-7-16(8-5-2)14(18)13-15-9-6-10-17(12-11-15)21(3,19)20/h4-5H,1-2,6-13H2,3H3. The van der Waals surface area contributed by atoms with E-state index in [4.69, 9.17) is 0 Å². The maximum absolute atomic E-state index is 12.2. The third-order valence-electron chi connectivity index (χ3n) is 3.43. The van der Waals surface area contributed by atoms with Crippen molar-refractivity contribution in [3.05, 3.63) is 25.3 Å². The molecule has 7 heteroatoms. The number of carbonyl (C=O) groups excluding carboxylic acids is 1. The minimum Gasteiger partial charge on any atom is -0.334 e. The first-order valence-electron chi connectivity index (χ1n) is 7.05. The fraction of sp³-hybridized carbons (Fsp3) is 0.643. The van der Waals surface area contributed by atoms with Crippen molar-refractivity contribution in [2.75, 3.05) is 52.1 Å². The minimum absolute atomic E-state index is 0.0163. The third-order valence-corrected chi connectivity index (χ3v) is 4.73. The lowest BCUT2D eigenvalue weighted by Crippen LogP contribution is -2.42. The van der Waals surface area contributed by atoms with Gasteiger partial charge in [-0.25, -0.2) is 12.7 Å². The van der Waals surface area contributed by atoms with Crippen LogP contribution in [0.4, 0.5) is 0 Å². The predicted octanol–water partition coefficient (Wildman–Crippen LogP) is 0.154. The van der Waals surface area contributed by atoms with Crippen molar-refractivity contribution in [1.29, 1.82) is 0 Å². The molecular formula is C14H25N3O3S. The van der Waals surface area contributed by atoms with Crippen LogP contribution in [0.5, 0.6) is 0 Å². The van der Waals surface area contributed by atoms with Gasteiger partial charge in [0.05, 0.1) is 12.8 Å². The average molecular weight is 315 g/mol. The molecule has 1 aliphatic rings. The topological polar surface area (TPSA) is 60.9 Å². The Morgan fingerprint density at radius 1 is 1.14 bits per heavy atom. The molecule has 0 unspecified atom stereocenters. The number of amides is 1. The Morgan fingerprint density at radius 2 is 1.76 bits per heavy atom. The van der Waals surface area contributed by atoms with Gasteiger partial charge in [-0.3, -0.25) is 9.69 Å². The molecule has 1 aliphatic heterocycles. The van der Waals surface area contributed by atoms with Crippen molar-refractivity contribution in [2.24, 2.45) is 0 Å². The van der Waals surface area contributed by atoms with Crippen molar-refractivity contribution < 1.29 is 13.2 Å². The second-order valence-corrected chi connectivity index (χ2v) is 7.15. The van der Waals surface area contributed by atoms with E-state index in [1.165, 1.54) is 10.6 Å². The Kier molecular flexibility index (Phi) is 7.07. The normalized spacial score (nSPS) is 18.0. The van der Waals surface area contributed by atoms with Crippen LogP contribution in [0.25, 0.3) is 0 Å². The average Bonchev–Trinajstić information content (AvgIpc) is 2.63. The van der Waals surface area contributed by atoms with Gasteiger partial charge in [-0.1, -0.05) is 12.2 Å². The lowest BCUT2D eigenvalue weighted by Gasteiger charge is -2.25. The highest BCUT2D eigenvalue weighted by molar-refractivity contribution is 7.88. The number of rotatable bonds is 7. The molecule has 0 saturated carbocycles. The first-order chi connectivity index (χ1) is 9.88. The minimum atomic E-state index is -3.15. The van der Waals surface area contributed by atoms with E-state index in [-0.39, 0.29) is 5.91 Å². The summed E-state index contributed by atoms with van der Waals surface area (Å²) in [6, 6.07) is 0. The molecule has 0 spiro atoms. The van der Waals surface area contributed by atoms with Crippen LogP contribution in [-0.2, 0) is 14.8 Å². The molecule has 0 bridgehead atoms. The lowest BCUT2D eigenvalue weighted by molar-refractivity contribution is -0.131. The fourth-order valence-electron chi connectivity index (χ4n) is 2.32. The molecule has 21 heavy (non-hydrogen) atoms. The molecule has 0 aromatic heterocycles. The van der Waals surface area contributed by atoms with Crippen molar-refractivity contribution in [1.82, 2.24) is 14.1 Å². The highest BCUT2D eigenvalue weighted by atomic mass is 32.2. The van der Waals surface area contributed by atoms with E-state index in [2.05, 4.69) is 13.2 Å². The summed E-state index contributed by atoms with van der Waals surface area (Å²) < 4.78 is 24.6. The summed E-state index contributed by atoms with van der Waals surface area (Å²) in [5.41, 5.74) is 0. The van der Waals surface area contributed by atoms with Crippen LogP contribution in [0.3, 0.4) is 0 Å². The summed E-state index contributed by atoms with van der Waals surface area (Å²) in [4.78, 5) is 15.9. The Hall–Kier alpha value is -1.18. The van der Waals surface area contributed by atoms with E-state index in [9.17, 15) is 13.2 Å². The summed E-state index contributed by atoms with van der Waals surface area (Å²) in [5, 5.41) is 0. The second kappa shape index (κ2) is 8.31. The van der Waals surface area contributed by atoms with Gasteiger partial charge in [0.1, 0.15) is 0 Å². The third kappa shape index (κ3) is 5.99. The van der Waals surface area contributed by atoms with Gasteiger partial charge < -0.3 is 4.90 Å². The predicted molar refractivity (Wildman–Crippen MR) is 84.4 cm³/mol. The fourth-order valence-corrected chi connectivity index (χ4v) is 3.19. The largest absolute Gasteiger partial charge is 0.334 e. The van der Waals surface area contributed by atoms with Crippen LogP contribution < -0.4 is 0 Å². The Labute approximate surface area is 127 Å². The zero-order chi connectivity index (χ0) is 15.9. The van der Waals surface area contributed by atoms with Gasteiger partial charge in [0.25, 0.3) is 0 Å². The Bertz CT molecular complexity index is 466. The van der Waals surface area contributed by atoms with Crippen LogP contribution in [0.2, 0.25) is 0 Å². The van der Waals surface area contributed by atoms with Crippen molar-refractivity contribution in [3.8, 4) is 0 Å². The summed E-state index contributed by atoms with van der Waals surface area (Å²) in [5.74, 6) is 0.0163. The van der Waals surface area contributed by atoms with Crippen LogP contribution in [0, 0.1) is 0 Å². The second-order valence-electron chi connectivity index (χ2n) is 5.17. The maximum atomic E-state index is 12.2. The lowest BCUT2D eigenvalue weighted by atomic mass is 10.3. The van der Waals surface area contributed by atoms with Crippen molar-refractivity contribution in [2.45, 2.75) is 6.42 Å².